The monoisotopic (exact) mass is 338 g/mol. The highest BCUT2D eigenvalue weighted by Crippen LogP contribution is 2.23. The molecule has 0 aliphatic heterocycles. The maximum absolute atomic E-state index is 12.4. The summed E-state index contributed by atoms with van der Waals surface area (Å²) in [6, 6.07) is 3.62. The number of aliphatic hydroxyl groups is 1. The molecule has 0 radical (unpaired) electrons. The van der Waals surface area contributed by atoms with Gasteiger partial charge in [-0.05, 0) is 31.7 Å². The summed E-state index contributed by atoms with van der Waals surface area (Å²) in [5.41, 5.74) is 0. The Labute approximate surface area is 130 Å². The Morgan fingerprint density at radius 1 is 1.40 bits per heavy atom. The minimum Gasteiger partial charge on any atom is -0.395 e. The molecule has 1 aromatic rings. The Hall–Kier alpha value is -0.310. The van der Waals surface area contributed by atoms with Crippen molar-refractivity contribution in [1.82, 2.24) is 10.0 Å². The van der Waals surface area contributed by atoms with Crippen LogP contribution >= 0.6 is 24.2 Å². The highest BCUT2D eigenvalue weighted by molar-refractivity contribution is 7.90. The number of rotatable bonds is 7. The van der Waals surface area contributed by atoms with Gasteiger partial charge in [0, 0.05) is 16.0 Å². The summed E-state index contributed by atoms with van der Waals surface area (Å²) in [7, 11) is -2.08. The fraction of sp³-hybridized carbons (Fsp3) is 0.500. The topological polar surface area (TPSA) is 78.4 Å². The van der Waals surface area contributed by atoms with Crippen molar-refractivity contribution in [2.24, 2.45) is 0 Å². The molecule has 0 bridgehead atoms. The third-order valence-corrected chi connectivity index (χ3v) is 5.32. The molecule has 1 unspecified atom stereocenters. The van der Waals surface area contributed by atoms with Crippen LogP contribution in [0, 0.1) is 0 Å². The highest BCUT2D eigenvalue weighted by atomic mass is 35.5. The summed E-state index contributed by atoms with van der Waals surface area (Å²) in [6.45, 7) is 1.60. The van der Waals surface area contributed by atoms with Crippen molar-refractivity contribution in [3.63, 3.8) is 0 Å². The lowest BCUT2D eigenvalue weighted by Gasteiger charge is -2.25. The standard InChI is InChI=1S/C12H19ClN2O3S2/c1-3-9(14-2)10(7-16)15-20(17,18)12-6-8(13)4-5-11(12)19/h4-6,9-10,14-16,19H,3,7H2,1-2H3/t9?,10-/m1/s1. The van der Waals surface area contributed by atoms with E-state index < -0.39 is 16.1 Å². The average molecular weight is 339 g/mol. The predicted molar refractivity (Wildman–Crippen MR) is 83.0 cm³/mol. The second kappa shape index (κ2) is 7.63. The molecule has 114 valence electrons. The quantitative estimate of drug-likeness (QED) is 0.565. The number of nitrogens with one attached hydrogen (secondary N) is 2. The molecular weight excluding hydrogens is 320 g/mol. The van der Waals surface area contributed by atoms with Gasteiger partial charge >= 0.3 is 0 Å². The second-order valence-electron chi connectivity index (χ2n) is 4.33. The molecule has 0 saturated heterocycles. The lowest BCUT2D eigenvalue weighted by molar-refractivity contribution is 0.227. The van der Waals surface area contributed by atoms with Crippen LogP contribution in [-0.2, 0) is 10.0 Å². The summed E-state index contributed by atoms with van der Waals surface area (Å²) >= 11 is 9.95. The first-order valence-corrected chi connectivity index (χ1v) is 8.45. The van der Waals surface area contributed by atoms with E-state index in [0.29, 0.717) is 16.3 Å². The van der Waals surface area contributed by atoms with E-state index in [2.05, 4.69) is 22.7 Å². The molecule has 0 saturated carbocycles. The zero-order valence-corrected chi connectivity index (χ0v) is 13.8. The third kappa shape index (κ3) is 4.34. The SMILES string of the molecule is CCC(NC)[C@@H](CO)NS(=O)(=O)c1cc(Cl)ccc1S. The number of benzene rings is 1. The fourth-order valence-corrected chi connectivity index (χ4v) is 4.03. The van der Waals surface area contributed by atoms with Crippen LogP contribution in [0.4, 0.5) is 0 Å². The van der Waals surface area contributed by atoms with E-state index in [1.54, 1.807) is 13.1 Å². The number of thiol groups is 1. The molecule has 2 atom stereocenters. The molecule has 3 N–H and O–H groups in total. The average Bonchev–Trinajstić information content (AvgIpc) is 2.41. The van der Waals surface area contributed by atoms with Gasteiger partial charge in [-0.15, -0.1) is 12.6 Å². The van der Waals surface area contributed by atoms with E-state index in [4.69, 9.17) is 11.6 Å². The van der Waals surface area contributed by atoms with E-state index >= 15 is 0 Å². The summed E-state index contributed by atoms with van der Waals surface area (Å²) < 4.78 is 27.2. The van der Waals surface area contributed by atoms with Gasteiger partial charge in [0.2, 0.25) is 10.0 Å². The Morgan fingerprint density at radius 2 is 2.05 bits per heavy atom. The van der Waals surface area contributed by atoms with Crippen molar-refractivity contribution >= 4 is 34.3 Å². The Kier molecular flexibility index (Phi) is 6.77. The van der Waals surface area contributed by atoms with Crippen LogP contribution in [0.3, 0.4) is 0 Å². The number of aliphatic hydroxyl groups excluding tert-OH is 1. The molecule has 1 rings (SSSR count). The summed E-state index contributed by atoms with van der Waals surface area (Å²) in [5, 5.41) is 12.7. The van der Waals surface area contributed by atoms with Crippen molar-refractivity contribution in [2.75, 3.05) is 13.7 Å². The van der Waals surface area contributed by atoms with E-state index in [9.17, 15) is 13.5 Å². The molecule has 1 aromatic carbocycles. The van der Waals surface area contributed by atoms with Gasteiger partial charge in [0.25, 0.3) is 0 Å². The largest absolute Gasteiger partial charge is 0.395 e. The minimum absolute atomic E-state index is 0.00209. The van der Waals surface area contributed by atoms with Gasteiger partial charge in [0.05, 0.1) is 17.5 Å². The number of sulfonamides is 1. The van der Waals surface area contributed by atoms with Crippen LogP contribution in [0.5, 0.6) is 0 Å². The van der Waals surface area contributed by atoms with E-state index in [-0.39, 0.29) is 17.5 Å². The van der Waals surface area contributed by atoms with Crippen LogP contribution in [0.2, 0.25) is 5.02 Å². The molecule has 0 heterocycles. The molecule has 20 heavy (non-hydrogen) atoms. The van der Waals surface area contributed by atoms with E-state index in [0.717, 1.165) is 0 Å². The molecule has 5 nitrogen and oxygen atoms in total. The van der Waals surface area contributed by atoms with Gasteiger partial charge in [-0.1, -0.05) is 18.5 Å². The molecular formula is C12H19ClN2O3S2. The molecule has 0 aromatic heterocycles. The van der Waals surface area contributed by atoms with E-state index in [1.165, 1.54) is 12.1 Å². The maximum Gasteiger partial charge on any atom is 0.242 e. The smallest absolute Gasteiger partial charge is 0.242 e. The first-order chi connectivity index (χ1) is 9.35. The van der Waals surface area contributed by atoms with Crippen LogP contribution < -0.4 is 10.0 Å². The molecule has 8 heteroatoms. The third-order valence-electron chi connectivity index (χ3n) is 3.01. The van der Waals surface area contributed by atoms with Crippen LogP contribution in [-0.4, -0.2) is 39.3 Å². The van der Waals surface area contributed by atoms with Gasteiger partial charge in [0.1, 0.15) is 0 Å². The predicted octanol–water partition coefficient (Wildman–Crippen LogP) is 1.27. The minimum atomic E-state index is -3.80. The lowest BCUT2D eigenvalue weighted by atomic mass is 10.1. The summed E-state index contributed by atoms with van der Waals surface area (Å²) in [4.78, 5) is 0.300. The fourth-order valence-electron chi connectivity index (χ4n) is 1.90. The van der Waals surface area contributed by atoms with Crippen molar-refractivity contribution in [3.8, 4) is 0 Å². The van der Waals surface area contributed by atoms with Crippen molar-refractivity contribution in [3.05, 3.63) is 23.2 Å². The van der Waals surface area contributed by atoms with Crippen LogP contribution in [0.15, 0.2) is 28.0 Å². The van der Waals surface area contributed by atoms with Gasteiger partial charge in [0.15, 0.2) is 0 Å². The molecule has 0 fully saturated rings. The van der Waals surface area contributed by atoms with Crippen molar-refractivity contribution in [2.45, 2.75) is 35.2 Å². The first-order valence-electron chi connectivity index (χ1n) is 6.14. The molecule has 0 spiro atoms. The van der Waals surface area contributed by atoms with Crippen LogP contribution in [0.1, 0.15) is 13.3 Å². The Bertz CT molecular complexity index is 548. The van der Waals surface area contributed by atoms with Gasteiger partial charge in [-0.25, -0.2) is 13.1 Å². The Morgan fingerprint density at radius 3 is 2.55 bits per heavy atom. The van der Waals surface area contributed by atoms with Crippen LogP contribution in [0.25, 0.3) is 0 Å². The lowest BCUT2D eigenvalue weighted by Crippen LogP contribution is -2.50. The van der Waals surface area contributed by atoms with Gasteiger partial charge < -0.3 is 10.4 Å². The summed E-state index contributed by atoms with van der Waals surface area (Å²) in [6.07, 6.45) is 0.674. The number of hydrogen-bond donors (Lipinski definition) is 4. The molecule has 0 amide bonds. The van der Waals surface area contributed by atoms with Gasteiger partial charge in [-0.2, -0.15) is 0 Å². The normalized spacial score (nSPS) is 15.1. The second-order valence-corrected chi connectivity index (χ2v) is 6.93. The Balaban J connectivity index is 3.07. The van der Waals surface area contributed by atoms with Crippen molar-refractivity contribution < 1.29 is 13.5 Å². The zero-order valence-electron chi connectivity index (χ0n) is 11.3. The highest BCUT2D eigenvalue weighted by Gasteiger charge is 2.26. The van der Waals surface area contributed by atoms with Gasteiger partial charge in [-0.3, -0.25) is 0 Å². The zero-order chi connectivity index (χ0) is 15.3. The summed E-state index contributed by atoms with van der Waals surface area (Å²) in [5.74, 6) is 0. The molecule has 0 aliphatic carbocycles. The molecule has 0 aliphatic rings. The maximum atomic E-state index is 12.4. The van der Waals surface area contributed by atoms with E-state index in [1.807, 2.05) is 6.92 Å². The van der Waals surface area contributed by atoms with Crippen molar-refractivity contribution in [1.29, 1.82) is 0 Å². The number of hydrogen-bond acceptors (Lipinski definition) is 5. The number of likely N-dealkylation sites (N-methyl/N-ethyl adjacent to an activating group) is 1. The first kappa shape index (κ1) is 17.7. The number of halogens is 1.